The summed E-state index contributed by atoms with van der Waals surface area (Å²) in [6.45, 7) is 10.5. The maximum Gasteiger partial charge on any atom is 0.0383 e. The summed E-state index contributed by atoms with van der Waals surface area (Å²) in [4.78, 5) is 0. The average Bonchev–Trinajstić information content (AvgIpc) is 1.59. The molecule has 1 N–H and O–H groups in total. The summed E-state index contributed by atoms with van der Waals surface area (Å²) < 4.78 is 0. The largest absolute Gasteiger partial charge is 0.308 e. The maximum atomic E-state index is 4.07. The van der Waals surface area contributed by atoms with E-state index >= 15 is 0 Å². The number of hydrazone groups is 1. The molecule has 0 saturated carbocycles. The van der Waals surface area contributed by atoms with Crippen molar-refractivity contribution in [3.63, 3.8) is 0 Å². The molecule has 0 aromatic rings. The number of rotatable bonds is 2. The number of hydrogen-bond donors (Lipinski definition) is 1. The van der Waals surface area contributed by atoms with Gasteiger partial charge in [0.25, 0.3) is 0 Å². The van der Waals surface area contributed by atoms with Gasteiger partial charge in [-0.15, -0.1) is 0 Å². The first-order valence-corrected chi connectivity index (χ1v) is 3.71. The second-order valence-electron chi connectivity index (χ2n) is 3.91. The van der Waals surface area contributed by atoms with E-state index in [2.05, 4.69) is 45.1 Å². The molecule has 0 aliphatic heterocycles. The summed E-state index contributed by atoms with van der Waals surface area (Å²) >= 11 is 0. The van der Waals surface area contributed by atoms with Gasteiger partial charge >= 0.3 is 0 Å². The Balaban J connectivity index is 3.57. The van der Waals surface area contributed by atoms with Crippen molar-refractivity contribution in [3.8, 4) is 0 Å². The smallest absolute Gasteiger partial charge is 0.0383 e. The van der Waals surface area contributed by atoms with E-state index in [1.807, 2.05) is 6.21 Å². The van der Waals surface area contributed by atoms with Crippen LogP contribution in [0.2, 0.25) is 0 Å². The van der Waals surface area contributed by atoms with Gasteiger partial charge < -0.3 is 5.43 Å². The number of nitrogens with one attached hydrogen (secondary N) is 1. The van der Waals surface area contributed by atoms with Gasteiger partial charge in [-0.2, -0.15) is 5.10 Å². The molecule has 0 unspecified atom stereocenters. The quantitative estimate of drug-likeness (QED) is 0.463. The van der Waals surface area contributed by atoms with E-state index in [9.17, 15) is 0 Å². The summed E-state index contributed by atoms with van der Waals surface area (Å²) in [5, 5.41) is 4.07. The summed E-state index contributed by atoms with van der Waals surface area (Å²) in [6, 6.07) is 0.429. The van der Waals surface area contributed by atoms with Crippen LogP contribution in [0.3, 0.4) is 0 Å². The Morgan fingerprint density at radius 2 is 1.80 bits per heavy atom. The van der Waals surface area contributed by atoms with Crippen LogP contribution in [0, 0.1) is 5.41 Å². The molecule has 0 aliphatic carbocycles. The summed E-state index contributed by atoms with van der Waals surface area (Å²) in [7, 11) is 0. The van der Waals surface area contributed by atoms with E-state index in [0.29, 0.717) is 6.04 Å². The summed E-state index contributed by atoms with van der Waals surface area (Å²) in [5.41, 5.74) is 3.15. The van der Waals surface area contributed by atoms with Crippen LogP contribution in [0.25, 0.3) is 0 Å². The van der Waals surface area contributed by atoms with Gasteiger partial charge in [-0.05, 0) is 19.3 Å². The van der Waals surface area contributed by atoms with Gasteiger partial charge in [0.05, 0.1) is 0 Å². The van der Waals surface area contributed by atoms with Crippen molar-refractivity contribution in [1.82, 2.24) is 5.43 Å². The molecule has 10 heavy (non-hydrogen) atoms. The third kappa shape index (κ3) is 7.47. The molecule has 60 valence electrons. The molecule has 2 heteroatoms. The van der Waals surface area contributed by atoms with Crippen LogP contribution in [-0.4, -0.2) is 12.3 Å². The molecule has 0 bridgehead atoms. The lowest BCUT2D eigenvalue weighted by atomic mass is 9.99. The first-order chi connectivity index (χ1) is 4.42. The molecule has 0 rings (SSSR count). The van der Waals surface area contributed by atoms with Gasteiger partial charge in [0, 0.05) is 12.3 Å². The molecule has 0 amide bonds. The van der Waals surface area contributed by atoms with Crippen LogP contribution < -0.4 is 5.43 Å². The third-order valence-corrected chi connectivity index (χ3v) is 0.785. The highest BCUT2D eigenvalue weighted by molar-refractivity contribution is 5.63. The summed E-state index contributed by atoms with van der Waals surface area (Å²) in [6.07, 6.45) is 1.92. The minimum absolute atomic E-state index is 0.182. The Bertz CT molecular complexity index is 109. The maximum absolute atomic E-state index is 4.07. The predicted octanol–water partition coefficient (Wildman–Crippen LogP) is 2.02. The van der Waals surface area contributed by atoms with Gasteiger partial charge in [-0.3, -0.25) is 0 Å². The lowest BCUT2D eigenvalue weighted by Crippen LogP contribution is -2.18. The Morgan fingerprint density at radius 1 is 1.30 bits per heavy atom. The molecule has 0 saturated heterocycles. The van der Waals surface area contributed by atoms with Crippen molar-refractivity contribution in [2.24, 2.45) is 10.5 Å². The Hall–Kier alpha value is -0.530. The SMILES string of the molecule is CC(C)NN=CC(C)(C)C. The van der Waals surface area contributed by atoms with Crippen LogP contribution in [0.5, 0.6) is 0 Å². The first-order valence-electron chi connectivity index (χ1n) is 3.71. The highest BCUT2D eigenvalue weighted by atomic mass is 15.3. The van der Waals surface area contributed by atoms with Crippen LogP contribution in [0.1, 0.15) is 34.6 Å². The van der Waals surface area contributed by atoms with Crippen molar-refractivity contribution in [2.75, 3.05) is 0 Å². The molecular formula is C8H18N2. The zero-order chi connectivity index (χ0) is 8.20. The monoisotopic (exact) mass is 142 g/mol. The van der Waals surface area contributed by atoms with E-state index in [0.717, 1.165) is 0 Å². The third-order valence-electron chi connectivity index (χ3n) is 0.785. The second-order valence-corrected chi connectivity index (χ2v) is 3.91. The fraction of sp³-hybridized carbons (Fsp3) is 0.875. The topological polar surface area (TPSA) is 24.4 Å². The van der Waals surface area contributed by atoms with Gasteiger partial charge in [-0.25, -0.2) is 0 Å². The molecule has 0 spiro atoms. The molecule has 0 radical (unpaired) electrons. The van der Waals surface area contributed by atoms with E-state index in [1.165, 1.54) is 0 Å². The van der Waals surface area contributed by atoms with Crippen molar-refractivity contribution in [1.29, 1.82) is 0 Å². The van der Waals surface area contributed by atoms with Crippen molar-refractivity contribution in [2.45, 2.75) is 40.7 Å². The molecule has 0 aliphatic rings. The molecule has 0 atom stereocenters. The normalized spacial score (nSPS) is 13.0. The van der Waals surface area contributed by atoms with E-state index in [-0.39, 0.29) is 5.41 Å². The fourth-order valence-corrected chi connectivity index (χ4v) is 0.380. The van der Waals surface area contributed by atoms with Gasteiger partial charge in [-0.1, -0.05) is 20.8 Å². The average molecular weight is 142 g/mol. The Labute approximate surface area is 63.7 Å². The summed E-state index contributed by atoms with van der Waals surface area (Å²) in [5.74, 6) is 0. The standard InChI is InChI=1S/C8H18N2/c1-7(2)10-9-6-8(3,4)5/h6-7,10H,1-5H3. The van der Waals surface area contributed by atoms with Crippen LogP contribution in [-0.2, 0) is 0 Å². The molecule has 0 aromatic carbocycles. The van der Waals surface area contributed by atoms with Crippen molar-refractivity contribution < 1.29 is 0 Å². The van der Waals surface area contributed by atoms with E-state index in [4.69, 9.17) is 0 Å². The van der Waals surface area contributed by atoms with Gasteiger partial charge in [0.2, 0.25) is 0 Å². The first kappa shape index (κ1) is 9.47. The highest BCUT2D eigenvalue weighted by Crippen LogP contribution is 2.07. The van der Waals surface area contributed by atoms with Gasteiger partial charge in [0.15, 0.2) is 0 Å². The van der Waals surface area contributed by atoms with Crippen LogP contribution in [0.4, 0.5) is 0 Å². The fourth-order valence-electron chi connectivity index (χ4n) is 0.380. The molecular weight excluding hydrogens is 124 g/mol. The lowest BCUT2D eigenvalue weighted by Gasteiger charge is -2.11. The van der Waals surface area contributed by atoms with E-state index < -0.39 is 0 Å². The highest BCUT2D eigenvalue weighted by Gasteiger charge is 2.04. The van der Waals surface area contributed by atoms with Crippen molar-refractivity contribution >= 4 is 6.21 Å². The second kappa shape index (κ2) is 3.59. The molecule has 2 nitrogen and oxygen atoms in total. The Morgan fingerprint density at radius 3 is 2.10 bits per heavy atom. The minimum Gasteiger partial charge on any atom is -0.308 e. The number of nitrogens with zero attached hydrogens (tertiary/aromatic N) is 1. The minimum atomic E-state index is 0.182. The van der Waals surface area contributed by atoms with Crippen LogP contribution >= 0.6 is 0 Å². The Kier molecular flexibility index (Phi) is 3.40. The number of hydrogen-bond acceptors (Lipinski definition) is 2. The van der Waals surface area contributed by atoms with Crippen LogP contribution in [0.15, 0.2) is 5.10 Å². The molecule has 0 aromatic heterocycles. The molecule has 0 heterocycles. The lowest BCUT2D eigenvalue weighted by molar-refractivity contribution is 0.575. The van der Waals surface area contributed by atoms with E-state index in [1.54, 1.807) is 0 Å². The van der Waals surface area contributed by atoms with Crippen molar-refractivity contribution in [3.05, 3.63) is 0 Å². The van der Waals surface area contributed by atoms with Gasteiger partial charge in [0.1, 0.15) is 0 Å². The zero-order valence-electron chi connectivity index (χ0n) is 7.60. The molecule has 0 fully saturated rings. The zero-order valence-corrected chi connectivity index (χ0v) is 7.60. The predicted molar refractivity (Wildman–Crippen MR) is 46.2 cm³/mol.